The zero-order valence-corrected chi connectivity index (χ0v) is 8.46. The Morgan fingerprint density at radius 1 is 1.21 bits per heavy atom. The van der Waals surface area contributed by atoms with Gasteiger partial charge in [0.1, 0.15) is 0 Å². The van der Waals surface area contributed by atoms with Gasteiger partial charge in [-0.2, -0.15) is 11.3 Å². The van der Waals surface area contributed by atoms with E-state index in [-0.39, 0.29) is 0 Å². The first kappa shape index (κ1) is 9.40. The minimum absolute atomic E-state index is 0.456. The third kappa shape index (κ3) is 2.01. The van der Waals surface area contributed by atoms with E-state index in [1.54, 1.807) is 11.3 Å². The van der Waals surface area contributed by atoms with Crippen LogP contribution in [0.2, 0.25) is 0 Å². The van der Waals surface area contributed by atoms with Crippen molar-refractivity contribution in [2.45, 2.75) is 6.61 Å². The molecular formula is C11H11NOS. The van der Waals surface area contributed by atoms with E-state index in [2.05, 4.69) is 33.8 Å². The van der Waals surface area contributed by atoms with Crippen molar-refractivity contribution >= 4 is 11.3 Å². The van der Waals surface area contributed by atoms with Crippen molar-refractivity contribution in [3.05, 3.63) is 46.7 Å². The van der Waals surface area contributed by atoms with Crippen LogP contribution in [0, 0.1) is 0 Å². The third-order valence-electron chi connectivity index (χ3n) is 2.03. The molecule has 2 N–H and O–H groups in total. The summed E-state index contributed by atoms with van der Waals surface area (Å²) in [7, 11) is 0. The van der Waals surface area contributed by atoms with E-state index in [0.29, 0.717) is 6.61 Å². The molecule has 14 heavy (non-hydrogen) atoms. The van der Waals surface area contributed by atoms with Crippen LogP contribution in [0.25, 0.3) is 11.1 Å². The fourth-order valence-electron chi connectivity index (χ4n) is 1.37. The van der Waals surface area contributed by atoms with Crippen LogP contribution in [-0.4, -0.2) is 0 Å². The van der Waals surface area contributed by atoms with Crippen molar-refractivity contribution in [2.75, 3.05) is 0 Å². The lowest BCUT2D eigenvalue weighted by Gasteiger charge is -2.02. The summed E-state index contributed by atoms with van der Waals surface area (Å²) in [6.07, 6.45) is 0. The highest BCUT2D eigenvalue weighted by Gasteiger charge is 1.98. The first-order chi connectivity index (χ1) is 6.90. The molecule has 0 unspecified atom stereocenters. The molecule has 3 heteroatoms. The van der Waals surface area contributed by atoms with Gasteiger partial charge in [0.2, 0.25) is 0 Å². The number of nitrogens with two attached hydrogens (primary N) is 1. The van der Waals surface area contributed by atoms with Crippen molar-refractivity contribution in [1.29, 1.82) is 0 Å². The number of thiophene rings is 1. The first-order valence-electron chi connectivity index (χ1n) is 4.33. The van der Waals surface area contributed by atoms with E-state index in [0.717, 1.165) is 5.56 Å². The molecule has 2 aromatic rings. The molecule has 0 fully saturated rings. The van der Waals surface area contributed by atoms with Crippen LogP contribution < -0.4 is 5.90 Å². The van der Waals surface area contributed by atoms with Crippen LogP contribution in [0.1, 0.15) is 5.56 Å². The second kappa shape index (κ2) is 4.37. The Kier molecular flexibility index (Phi) is 2.93. The van der Waals surface area contributed by atoms with Gasteiger partial charge in [0.25, 0.3) is 0 Å². The van der Waals surface area contributed by atoms with Gasteiger partial charge in [0.15, 0.2) is 0 Å². The minimum Gasteiger partial charge on any atom is -0.300 e. The average Bonchev–Trinajstić information content (AvgIpc) is 2.71. The van der Waals surface area contributed by atoms with Gasteiger partial charge in [0, 0.05) is 0 Å². The maximum absolute atomic E-state index is 5.03. The van der Waals surface area contributed by atoms with Crippen LogP contribution in [0.15, 0.2) is 41.1 Å². The van der Waals surface area contributed by atoms with Crippen molar-refractivity contribution in [2.24, 2.45) is 5.90 Å². The Morgan fingerprint density at radius 2 is 2.14 bits per heavy atom. The summed E-state index contributed by atoms with van der Waals surface area (Å²) >= 11 is 1.70. The molecule has 1 heterocycles. The molecule has 0 amide bonds. The smallest absolute Gasteiger partial charge is 0.0930 e. The van der Waals surface area contributed by atoms with Gasteiger partial charge in [-0.05, 0) is 39.6 Å². The fourth-order valence-corrected chi connectivity index (χ4v) is 2.03. The summed E-state index contributed by atoms with van der Waals surface area (Å²) in [6.45, 7) is 0.456. The van der Waals surface area contributed by atoms with Gasteiger partial charge in [-0.1, -0.05) is 18.2 Å². The molecule has 0 saturated heterocycles. The van der Waals surface area contributed by atoms with E-state index < -0.39 is 0 Å². The maximum atomic E-state index is 5.03. The van der Waals surface area contributed by atoms with Crippen molar-refractivity contribution in [3.63, 3.8) is 0 Å². The van der Waals surface area contributed by atoms with Gasteiger partial charge in [-0.25, -0.2) is 5.90 Å². The normalized spacial score (nSPS) is 10.4. The number of hydrogen-bond donors (Lipinski definition) is 1. The van der Waals surface area contributed by atoms with Crippen LogP contribution in [0.4, 0.5) is 0 Å². The maximum Gasteiger partial charge on any atom is 0.0930 e. The number of rotatable bonds is 3. The highest BCUT2D eigenvalue weighted by molar-refractivity contribution is 7.08. The molecule has 1 aromatic carbocycles. The Balaban J connectivity index is 2.31. The van der Waals surface area contributed by atoms with E-state index in [4.69, 9.17) is 5.90 Å². The Labute approximate surface area is 86.9 Å². The molecular weight excluding hydrogens is 194 g/mol. The van der Waals surface area contributed by atoms with E-state index in [1.807, 2.05) is 12.1 Å². The molecule has 0 aliphatic rings. The summed E-state index contributed by atoms with van der Waals surface area (Å²) in [4.78, 5) is 4.60. The number of benzene rings is 1. The molecule has 0 radical (unpaired) electrons. The van der Waals surface area contributed by atoms with E-state index >= 15 is 0 Å². The highest BCUT2D eigenvalue weighted by Crippen LogP contribution is 2.22. The van der Waals surface area contributed by atoms with Crippen molar-refractivity contribution in [3.8, 4) is 11.1 Å². The minimum atomic E-state index is 0.456. The number of hydrogen-bond acceptors (Lipinski definition) is 3. The molecule has 1 aromatic heterocycles. The Morgan fingerprint density at radius 3 is 2.86 bits per heavy atom. The molecule has 0 aliphatic carbocycles. The van der Waals surface area contributed by atoms with Crippen LogP contribution in [-0.2, 0) is 11.4 Å². The molecule has 0 atom stereocenters. The Bertz CT molecular complexity index is 397. The SMILES string of the molecule is NOCc1cccc(-c2ccsc2)c1. The highest BCUT2D eigenvalue weighted by atomic mass is 32.1. The summed E-state index contributed by atoms with van der Waals surface area (Å²) in [5, 5.41) is 4.20. The van der Waals surface area contributed by atoms with Gasteiger partial charge >= 0.3 is 0 Å². The monoisotopic (exact) mass is 205 g/mol. The van der Waals surface area contributed by atoms with Crippen molar-refractivity contribution in [1.82, 2.24) is 0 Å². The predicted molar refractivity (Wildman–Crippen MR) is 58.7 cm³/mol. The van der Waals surface area contributed by atoms with Gasteiger partial charge in [-0.15, -0.1) is 0 Å². The zero-order chi connectivity index (χ0) is 9.80. The first-order valence-corrected chi connectivity index (χ1v) is 5.27. The quantitative estimate of drug-likeness (QED) is 0.782. The van der Waals surface area contributed by atoms with Crippen molar-refractivity contribution < 1.29 is 4.84 Å². The summed E-state index contributed by atoms with van der Waals surface area (Å²) in [5.41, 5.74) is 3.55. The topological polar surface area (TPSA) is 35.2 Å². The molecule has 0 saturated carbocycles. The lowest BCUT2D eigenvalue weighted by molar-refractivity contribution is 0.124. The molecule has 0 spiro atoms. The molecule has 72 valence electrons. The fraction of sp³-hybridized carbons (Fsp3) is 0.0909. The van der Waals surface area contributed by atoms with Gasteiger partial charge < -0.3 is 0 Å². The third-order valence-corrected chi connectivity index (χ3v) is 2.71. The second-order valence-electron chi connectivity index (χ2n) is 3.02. The average molecular weight is 205 g/mol. The molecule has 0 bridgehead atoms. The lowest BCUT2D eigenvalue weighted by Crippen LogP contribution is -1.98. The zero-order valence-electron chi connectivity index (χ0n) is 7.64. The largest absolute Gasteiger partial charge is 0.300 e. The summed E-state index contributed by atoms with van der Waals surface area (Å²) in [5.74, 6) is 5.03. The predicted octanol–water partition coefficient (Wildman–Crippen LogP) is 2.81. The molecule has 2 nitrogen and oxygen atoms in total. The van der Waals surface area contributed by atoms with Crippen LogP contribution in [0.3, 0.4) is 0 Å². The van der Waals surface area contributed by atoms with E-state index in [9.17, 15) is 0 Å². The second-order valence-corrected chi connectivity index (χ2v) is 3.80. The standard InChI is InChI=1S/C11H11NOS/c12-13-7-9-2-1-3-10(6-9)11-4-5-14-8-11/h1-6,8H,7,12H2. The van der Waals surface area contributed by atoms with Crippen LogP contribution in [0.5, 0.6) is 0 Å². The van der Waals surface area contributed by atoms with E-state index in [1.165, 1.54) is 11.1 Å². The molecule has 0 aliphatic heterocycles. The Hall–Kier alpha value is -1.16. The summed E-state index contributed by atoms with van der Waals surface area (Å²) in [6, 6.07) is 10.3. The molecule has 2 rings (SSSR count). The lowest BCUT2D eigenvalue weighted by atomic mass is 10.1. The van der Waals surface area contributed by atoms with Gasteiger partial charge in [-0.3, -0.25) is 4.84 Å². The van der Waals surface area contributed by atoms with Gasteiger partial charge in [0.05, 0.1) is 6.61 Å². The summed E-state index contributed by atoms with van der Waals surface area (Å²) < 4.78 is 0. The van der Waals surface area contributed by atoms with Crippen LogP contribution >= 0.6 is 11.3 Å².